The van der Waals surface area contributed by atoms with Gasteiger partial charge in [-0.25, -0.2) is 4.79 Å². The normalized spacial score (nSPS) is 13.7. The van der Waals surface area contributed by atoms with Gasteiger partial charge in [0, 0.05) is 5.56 Å². The van der Waals surface area contributed by atoms with Gasteiger partial charge in [0.2, 0.25) is 11.2 Å². The molecule has 2 amide bonds. The molecule has 3 aromatic carbocycles. The Bertz CT molecular complexity index is 1550. The van der Waals surface area contributed by atoms with Crippen LogP contribution in [0.5, 0.6) is 5.75 Å². The Morgan fingerprint density at radius 2 is 1.46 bits per heavy atom. The average molecular weight is 467 g/mol. The van der Waals surface area contributed by atoms with E-state index >= 15 is 0 Å². The standard InChI is InChI=1S/C28H21NO6/c1-15-8-11-18(12-9-15)24-25(23(30)21-14-16(2)10-13-22(21)34-24)35-28(33)17(3)29-26(31)19-6-4-5-7-20(19)27(29)32/h4-14,17H,1-3H3/t17-/m1/s1. The topological polar surface area (TPSA) is 93.9 Å². The van der Waals surface area contributed by atoms with E-state index in [4.69, 9.17) is 9.15 Å². The van der Waals surface area contributed by atoms with Crippen LogP contribution in [0, 0.1) is 13.8 Å². The van der Waals surface area contributed by atoms with E-state index < -0.39 is 29.3 Å². The maximum absolute atomic E-state index is 13.4. The van der Waals surface area contributed by atoms with Crippen LogP contribution in [0.2, 0.25) is 0 Å². The number of rotatable bonds is 4. The number of hydrogen-bond donors (Lipinski definition) is 0. The fraction of sp³-hybridized carbons (Fsp3) is 0.143. The molecule has 0 radical (unpaired) electrons. The van der Waals surface area contributed by atoms with Crippen LogP contribution in [-0.4, -0.2) is 28.7 Å². The largest absolute Gasteiger partial charge is 0.452 e. The second kappa shape index (κ2) is 8.36. The molecule has 1 atom stereocenters. The molecule has 5 rings (SSSR count). The summed E-state index contributed by atoms with van der Waals surface area (Å²) < 4.78 is 11.6. The van der Waals surface area contributed by atoms with Crippen molar-refractivity contribution in [3.8, 4) is 17.1 Å². The fourth-order valence-corrected chi connectivity index (χ4v) is 4.13. The molecule has 0 spiro atoms. The zero-order valence-corrected chi connectivity index (χ0v) is 19.3. The molecule has 1 aliphatic heterocycles. The van der Waals surface area contributed by atoms with Crippen molar-refractivity contribution >= 4 is 28.8 Å². The zero-order valence-electron chi connectivity index (χ0n) is 19.3. The zero-order chi connectivity index (χ0) is 24.9. The Labute approximate surface area is 200 Å². The number of amides is 2. The van der Waals surface area contributed by atoms with Gasteiger partial charge < -0.3 is 9.15 Å². The van der Waals surface area contributed by atoms with E-state index in [-0.39, 0.29) is 28.0 Å². The Morgan fingerprint density at radius 1 is 0.857 bits per heavy atom. The molecule has 174 valence electrons. The molecule has 0 aliphatic carbocycles. The smallest absolute Gasteiger partial charge is 0.334 e. The minimum absolute atomic E-state index is 0.0919. The lowest BCUT2D eigenvalue weighted by molar-refractivity contribution is -0.138. The van der Waals surface area contributed by atoms with Gasteiger partial charge in [0.05, 0.1) is 16.5 Å². The highest BCUT2D eigenvalue weighted by Gasteiger charge is 2.41. The van der Waals surface area contributed by atoms with E-state index in [0.29, 0.717) is 11.1 Å². The molecule has 0 fully saturated rings. The van der Waals surface area contributed by atoms with Crippen molar-refractivity contribution in [2.75, 3.05) is 0 Å². The summed E-state index contributed by atoms with van der Waals surface area (Å²) in [5, 5.41) is 0.261. The number of carbonyl (C=O) groups is 3. The van der Waals surface area contributed by atoms with Crippen LogP contribution < -0.4 is 10.2 Å². The van der Waals surface area contributed by atoms with Crippen LogP contribution in [0.25, 0.3) is 22.3 Å². The fourth-order valence-electron chi connectivity index (χ4n) is 4.13. The third-order valence-corrected chi connectivity index (χ3v) is 6.07. The highest BCUT2D eigenvalue weighted by molar-refractivity contribution is 6.22. The first-order chi connectivity index (χ1) is 16.8. The quantitative estimate of drug-likeness (QED) is 0.320. The first kappa shape index (κ1) is 22.3. The van der Waals surface area contributed by atoms with Crippen molar-refractivity contribution in [2.24, 2.45) is 0 Å². The van der Waals surface area contributed by atoms with Gasteiger partial charge in [0.1, 0.15) is 11.6 Å². The predicted octanol–water partition coefficient (Wildman–Crippen LogP) is 4.67. The highest BCUT2D eigenvalue weighted by Crippen LogP contribution is 2.32. The second-order valence-corrected chi connectivity index (χ2v) is 8.58. The van der Waals surface area contributed by atoms with E-state index in [1.807, 2.05) is 32.0 Å². The van der Waals surface area contributed by atoms with Gasteiger partial charge >= 0.3 is 5.97 Å². The van der Waals surface area contributed by atoms with E-state index in [1.54, 1.807) is 36.4 Å². The van der Waals surface area contributed by atoms with Gasteiger partial charge in [-0.2, -0.15) is 0 Å². The van der Waals surface area contributed by atoms with Crippen LogP contribution in [0.15, 0.2) is 75.9 Å². The van der Waals surface area contributed by atoms with Crippen LogP contribution in [0.1, 0.15) is 38.8 Å². The molecule has 1 aliphatic rings. The number of esters is 1. The summed E-state index contributed by atoms with van der Waals surface area (Å²) in [6.45, 7) is 5.15. The van der Waals surface area contributed by atoms with Crippen LogP contribution >= 0.6 is 0 Å². The van der Waals surface area contributed by atoms with Crippen molar-refractivity contribution in [3.63, 3.8) is 0 Å². The van der Waals surface area contributed by atoms with E-state index in [1.165, 1.54) is 19.1 Å². The summed E-state index contributed by atoms with van der Waals surface area (Å²) >= 11 is 0. The summed E-state index contributed by atoms with van der Waals surface area (Å²) in [5.41, 5.74) is 2.66. The first-order valence-corrected chi connectivity index (χ1v) is 11.1. The minimum Gasteiger partial charge on any atom is -0.452 e. The molecule has 7 nitrogen and oxygen atoms in total. The third-order valence-electron chi connectivity index (χ3n) is 6.07. The van der Waals surface area contributed by atoms with Crippen LogP contribution in [-0.2, 0) is 4.79 Å². The SMILES string of the molecule is Cc1ccc(-c2oc3ccc(C)cc3c(=O)c2OC(=O)[C@@H](C)N2C(=O)c3ccccc3C2=O)cc1. The lowest BCUT2D eigenvalue weighted by atomic mass is 10.1. The van der Waals surface area contributed by atoms with E-state index in [2.05, 4.69) is 0 Å². The molecule has 4 aromatic rings. The van der Waals surface area contributed by atoms with Crippen molar-refractivity contribution < 1.29 is 23.5 Å². The Morgan fingerprint density at radius 3 is 2.09 bits per heavy atom. The van der Waals surface area contributed by atoms with Gasteiger partial charge in [-0.1, -0.05) is 53.6 Å². The molecule has 35 heavy (non-hydrogen) atoms. The van der Waals surface area contributed by atoms with Gasteiger partial charge in [-0.15, -0.1) is 0 Å². The van der Waals surface area contributed by atoms with Crippen molar-refractivity contribution in [2.45, 2.75) is 26.8 Å². The van der Waals surface area contributed by atoms with Crippen LogP contribution in [0.3, 0.4) is 0 Å². The lowest BCUT2D eigenvalue weighted by Crippen LogP contribution is -2.45. The predicted molar refractivity (Wildman–Crippen MR) is 129 cm³/mol. The van der Waals surface area contributed by atoms with Crippen molar-refractivity contribution in [3.05, 3.63) is 99.2 Å². The number of aryl methyl sites for hydroxylation is 2. The average Bonchev–Trinajstić information content (AvgIpc) is 3.11. The lowest BCUT2D eigenvalue weighted by Gasteiger charge is -2.21. The van der Waals surface area contributed by atoms with Gasteiger partial charge in [-0.3, -0.25) is 19.3 Å². The maximum atomic E-state index is 13.4. The number of imide groups is 1. The number of ether oxygens (including phenoxy) is 1. The third kappa shape index (κ3) is 3.71. The van der Waals surface area contributed by atoms with E-state index in [0.717, 1.165) is 16.0 Å². The Hall–Kier alpha value is -4.52. The van der Waals surface area contributed by atoms with Gasteiger partial charge in [-0.05, 0) is 45.0 Å². The minimum atomic E-state index is -1.26. The molecule has 1 aromatic heterocycles. The summed E-state index contributed by atoms with van der Waals surface area (Å²) in [6.07, 6.45) is 0. The molecule has 2 heterocycles. The molecule has 0 unspecified atom stereocenters. The molecular formula is C28H21NO6. The number of fused-ring (bicyclic) bond motifs is 2. The molecule has 0 N–H and O–H groups in total. The molecule has 7 heteroatoms. The Balaban J connectivity index is 1.57. The summed E-state index contributed by atoms with van der Waals surface area (Å²) in [5.74, 6) is -2.30. The van der Waals surface area contributed by atoms with Crippen molar-refractivity contribution in [1.82, 2.24) is 4.90 Å². The number of hydrogen-bond acceptors (Lipinski definition) is 6. The van der Waals surface area contributed by atoms with Gasteiger partial charge in [0.15, 0.2) is 5.76 Å². The second-order valence-electron chi connectivity index (χ2n) is 8.58. The molecule has 0 bridgehead atoms. The summed E-state index contributed by atoms with van der Waals surface area (Å²) in [6, 6.07) is 17.5. The number of carbonyl (C=O) groups excluding carboxylic acids is 3. The maximum Gasteiger partial charge on any atom is 0.334 e. The van der Waals surface area contributed by atoms with E-state index in [9.17, 15) is 19.2 Å². The number of benzene rings is 3. The van der Waals surface area contributed by atoms with Crippen LogP contribution in [0.4, 0.5) is 0 Å². The first-order valence-electron chi connectivity index (χ1n) is 11.1. The molecule has 0 saturated heterocycles. The Kier molecular flexibility index (Phi) is 5.32. The number of nitrogens with zero attached hydrogens (tertiary/aromatic N) is 1. The molecule has 0 saturated carbocycles. The highest BCUT2D eigenvalue weighted by atomic mass is 16.5. The van der Waals surface area contributed by atoms with Gasteiger partial charge in [0.25, 0.3) is 11.8 Å². The molecular weight excluding hydrogens is 446 g/mol. The van der Waals surface area contributed by atoms with Crippen molar-refractivity contribution in [1.29, 1.82) is 0 Å². The summed E-state index contributed by atoms with van der Waals surface area (Å²) in [4.78, 5) is 53.1. The monoisotopic (exact) mass is 467 g/mol. The summed E-state index contributed by atoms with van der Waals surface area (Å²) in [7, 11) is 0.